The van der Waals surface area contributed by atoms with Crippen molar-refractivity contribution in [1.82, 2.24) is 9.66 Å². The van der Waals surface area contributed by atoms with Crippen molar-refractivity contribution in [3.63, 3.8) is 0 Å². The van der Waals surface area contributed by atoms with Crippen LogP contribution in [0.3, 0.4) is 0 Å². The van der Waals surface area contributed by atoms with Crippen LogP contribution in [0.15, 0.2) is 44.7 Å². The SMILES string of the molecule is C#CCOc1c(Cl)cc(C=Nn2c(CC)nc3ccc(Br)cc3c2=O)cc1Cl. The van der Waals surface area contributed by atoms with Gasteiger partial charge in [0.1, 0.15) is 12.4 Å². The van der Waals surface area contributed by atoms with Crippen molar-refractivity contribution < 1.29 is 4.74 Å². The highest BCUT2D eigenvalue weighted by molar-refractivity contribution is 9.10. The molecule has 0 radical (unpaired) electrons. The third kappa shape index (κ3) is 4.22. The van der Waals surface area contributed by atoms with Crippen molar-refractivity contribution in [2.75, 3.05) is 6.61 Å². The molecule has 0 aliphatic heterocycles. The molecule has 0 aliphatic rings. The van der Waals surface area contributed by atoms with Gasteiger partial charge in [-0.05, 0) is 35.9 Å². The van der Waals surface area contributed by atoms with Gasteiger partial charge in [0.15, 0.2) is 5.75 Å². The number of rotatable bonds is 5. The average molecular weight is 479 g/mol. The van der Waals surface area contributed by atoms with Crippen molar-refractivity contribution in [3.05, 3.63) is 66.6 Å². The average Bonchev–Trinajstić information content (AvgIpc) is 2.67. The zero-order chi connectivity index (χ0) is 20.3. The second-order valence-electron chi connectivity index (χ2n) is 5.71. The lowest BCUT2D eigenvalue weighted by atomic mass is 10.2. The monoisotopic (exact) mass is 477 g/mol. The molecule has 1 aromatic heterocycles. The van der Waals surface area contributed by atoms with Gasteiger partial charge < -0.3 is 4.74 Å². The van der Waals surface area contributed by atoms with Crippen LogP contribution < -0.4 is 10.3 Å². The summed E-state index contributed by atoms with van der Waals surface area (Å²) in [6.07, 6.45) is 7.22. The lowest BCUT2D eigenvalue weighted by Crippen LogP contribution is -2.22. The Morgan fingerprint density at radius 1 is 1.32 bits per heavy atom. The molecule has 0 atom stereocenters. The van der Waals surface area contributed by atoms with E-state index in [0.717, 1.165) is 4.47 Å². The van der Waals surface area contributed by atoms with Crippen LogP contribution in [0.25, 0.3) is 10.9 Å². The summed E-state index contributed by atoms with van der Waals surface area (Å²) in [5.74, 6) is 3.21. The number of terminal acetylenes is 1. The maximum Gasteiger partial charge on any atom is 0.282 e. The van der Waals surface area contributed by atoms with Crippen molar-refractivity contribution in [2.24, 2.45) is 5.10 Å². The number of ether oxygens (including phenoxy) is 1. The van der Waals surface area contributed by atoms with Crippen molar-refractivity contribution in [3.8, 4) is 18.1 Å². The van der Waals surface area contributed by atoms with Crippen LogP contribution in [-0.4, -0.2) is 22.5 Å². The fourth-order valence-corrected chi connectivity index (χ4v) is 3.55. The molecule has 0 saturated heterocycles. The van der Waals surface area contributed by atoms with Crippen LogP contribution in [-0.2, 0) is 6.42 Å². The summed E-state index contributed by atoms with van der Waals surface area (Å²) in [6, 6.07) is 8.62. The van der Waals surface area contributed by atoms with Gasteiger partial charge in [-0.1, -0.05) is 52.0 Å². The summed E-state index contributed by atoms with van der Waals surface area (Å²) in [6.45, 7) is 1.96. The Balaban J connectivity index is 2.05. The molecule has 5 nitrogen and oxygen atoms in total. The van der Waals surface area contributed by atoms with E-state index in [9.17, 15) is 4.79 Å². The molecule has 0 bridgehead atoms. The molecule has 3 aromatic rings. The molecule has 3 rings (SSSR count). The molecule has 8 heteroatoms. The number of benzene rings is 2. The number of hydrogen-bond donors (Lipinski definition) is 0. The third-order valence-electron chi connectivity index (χ3n) is 3.83. The minimum absolute atomic E-state index is 0.0560. The summed E-state index contributed by atoms with van der Waals surface area (Å²) in [5, 5.41) is 5.38. The molecule has 1 heterocycles. The Morgan fingerprint density at radius 2 is 2.04 bits per heavy atom. The number of halogens is 3. The first-order chi connectivity index (χ1) is 13.4. The molecule has 0 aliphatic carbocycles. The van der Waals surface area contributed by atoms with E-state index in [0.29, 0.717) is 44.5 Å². The molecular weight excluding hydrogens is 465 g/mol. The molecule has 28 heavy (non-hydrogen) atoms. The van der Waals surface area contributed by atoms with Gasteiger partial charge in [-0.3, -0.25) is 4.79 Å². The highest BCUT2D eigenvalue weighted by atomic mass is 79.9. The van der Waals surface area contributed by atoms with Gasteiger partial charge >= 0.3 is 0 Å². The smallest absolute Gasteiger partial charge is 0.282 e. The first-order valence-corrected chi connectivity index (χ1v) is 9.80. The molecule has 0 unspecified atom stereocenters. The quantitative estimate of drug-likeness (QED) is 0.386. The third-order valence-corrected chi connectivity index (χ3v) is 4.89. The second kappa shape index (κ2) is 8.78. The van der Waals surface area contributed by atoms with Gasteiger partial charge in [0.2, 0.25) is 0 Å². The van der Waals surface area contributed by atoms with Gasteiger partial charge in [0, 0.05) is 10.9 Å². The van der Waals surface area contributed by atoms with Crippen molar-refractivity contribution in [1.29, 1.82) is 0 Å². The summed E-state index contributed by atoms with van der Waals surface area (Å²) in [5.41, 5.74) is 0.967. The van der Waals surface area contributed by atoms with E-state index in [4.69, 9.17) is 34.4 Å². The van der Waals surface area contributed by atoms with E-state index in [1.807, 2.05) is 13.0 Å². The van der Waals surface area contributed by atoms with Crippen LogP contribution >= 0.6 is 39.1 Å². The highest BCUT2D eigenvalue weighted by Crippen LogP contribution is 2.33. The normalized spacial score (nSPS) is 11.1. The maximum absolute atomic E-state index is 12.9. The van der Waals surface area contributed by atoms with Gasteiger partial charge in [-0.25, -0.2) is 4.98 Å². The molecular formula is C20H14BrCl2N3O2. The summed E-state index contributed by atoms with van der Waals surface area (Å²) in [4.78, 5) is 17.4. The summed E-state index contributed by atoms with van der Waals surface area (Å²) < 4.78 is 7.40. The Kier molecular flexibility index (Phi) is 6.40. The first-order valence-electron chi connectivity index (χ1n) is 8.25. The van der Waals surface area contributed by atoms with Crippen LogP contribution in [0.5, 0.6) is 5.75 Å². The van der Waals surface area contributed by atoms with Gasteiger partial charge in [-0.2, -0.15) is 9.78 Å². The highest BCUT2D eigenvalue weighted by Gasteiger charge is 2.11. The van der Waals surface area contributed by atoms with Crippen LogP contribution in [0.4, 0.5) is 0 Å². The molecule has 0 fully saturated rings. The molecule has 0 spiro atoms. The lowest BCUT2D eigenvalue weighted by molar-refractivity contribution is 0.371. The minimum atomic E-state index is -0.259. The van der Waals surface area contributed by atoms with E-state index in [1.165, 1.54) is 10.9 Å². The van der Waals surface area contributed by atoms with Crippen LogP contribution in [0.1, 0.15) is 18.3 Å². The minimum Gasteiger partial charge on any atom is -0.478 e. The largest absolute Gasteiger partial charge is 0.478 e. The second-order valence-corrected chi connectivity index (χ2v) is 7.44. The lowest BCUT2D eigenvalue weighted by Gasteiger charge is -2.09. The Labute approximate surface area is 180 Å². The van der Waals surface area contributed by atoms with Gasteiger partial charge in [-0.15, -0.1) is 6.42 Å². The fraction of sp³-hybridized carbons (Fsp3) is 0.150. The predicted molar refractivity (Wildman–Crippen MR) is 117 cm³/mol. The Morgan fingerprint density at radius 3 is 2.68 bits per heavy atom. The topological polar surface area (TPSA) is 56.5 Å². The van der Waals surface area contributed by atoms with Gasteiger partial charge in [0.05, 0.1) is 27.2 Å². The fourth-order valence-electron chi connectivity index (χ4n) is 2.57. The predicted octanol–water partition coefficient (Wildman–Crippen LogP) is 4.92. The Hall–Kier alpha value is -2.33. The number of aromatic nitrogens is 2. The number of hydrogen-bond acceptors (Lipinski definition) is 4. The van der Waals surface area contributed by atoms with E-state index < -0.39 is 0 Å². The molecule has 0 amide bonds. The van der Waals surface area contributed by atoms with Crippen molar-refractivity contribution >= 4 is 56.2 Å². The van der Waals surface area contributed by atoms with Crippen molar-refractivity contribution in [2.45, 2.75) is 13.3 Å². The zero-order valence-corrected chi connectivity index (χ0v) is 17.8. The molecule has 0 saturated carbocycles. The van der Waals surface area contributed by atoms with E-state index >= 15 is 0 Å². The molecule has 2 aromatic carbocycles. The van der Waals surface area contributed by atoms with Crippen LogP contribution in [0.2, 0.25) is 10.0 Å². The van der Waals surface area contributed by atoms with E-state index in [-0.39, 0.29) is 12.2 Å². The van der Waals surface area contributed by atoms with E-state index in [2.05, 4.69) is 31.9 Å². The zero-order valence-electron chi connectivity index (χ0n) is 14.7. The van der Waals surface area contributed by atoms with E-state index in [1.54, 1.807) is 24.3 Å². The standard InChI is InChI=1S/C20H14BrCl2N3O2/c1-3-7-28-19-15(22)8-12(9-16(19)23)11-24-26-18(4-2)25-17-6-5-13(21)10-14(17)20(26)27/h1,5-6,8-11H,4,7H2,2H3. The number of fused-ring (bicyclic) bond motifs is 1. The number of nitrogens with zero attached hydrogens (tertiary/aromatic N) is 3. The van der Waals surface area contributed by atoms with Gasteiger partial charge in [0.25, 0.3) is 5.56 Å². The Bertz CT molecular complexity index is 1160. The molecule has 0 N–H and O–H groups in total. The first kappa shape index (κ1) is 20.4. The maximum atomic E-state index is 12.9. The molecule has 142 valence electrons. The van der Waals surface area contributed by atoms with Crippen LogP contribution in [0, 0.1) is 12.3 Å². The summed E-state index contributed by atoms with van der Waals surface area (Å²) in [7, 11) is 0. The summed E-state index contributed by atoms with van der Waals surface area (Å²) >= 11 is 15.8. The number of aryl methyl sites for hydroxylation is 1.